The lowest BCUT2D eigenvalue weighted by atomic mass is 9.90. The van der Waals surface area contributed by atoms with Gasteiger partial charge >= 0.3 is 5.97 Å². The smallest absolute Gasteiger partial charge is 0.313 e. The Morgan fingerprint density at radius 3 is 2.68 bits per heavy atom. The maximum Gasteiger partial charge on any atom is 0.313 e. The number of sulfonamides is 1. The number of fused-ring (bicyclic) bond motifs is 1. The topological polar surface area (TPSA) is 164 Å². The lowest BCUT2D eigenvalue weighted by Gasteiger charge is -2.22. The number of carbonyl (C=O) groups is 1. The molecule has 0 bridgehead atoms. The molecule has 0 saturated carbocycles. The average Bonchev–Trinajstić information content (AvgIpc) is 3.21. The summed E-state index contributed by atoms with van der Waals surface area (Å²) in [6, 6.07) is 4.26. The van der Waals surface area contributed by atoms with Gasteiger partial charge in [-0.05, 0) is 51.3 Å². The van der Waals surface area contributed by atoms with Gasteiger partial charge in [0.2, 0.25) is 10.0 Å². The molecule has 1 aliphatic rings. The molecule has 0 radical (unpaired) electrons. The van der Waals surface area contributed by atoms with Gasteiger partial charge in [-0.3, -0.25) is 14.2 Å². The number of rotatable bonds is 9. The highest BCUT2D eigenvalue weighted by molar-refractivity contribution is 7.89. The molecule has 1 aliphatic heterocycles. The molecule has 13 heteroatoms. The van der Waals surface area contributed by atoms with Gasteiger partial charge < -0.3 is 15.3 Å². The van der Waals surface area contributed by atoms with E-state index in [2.05, 4.69) is 4.84 Å². The second-order valence-electron chi connectivity index (χ2n) is 8.93. The minimum absolute atomic E-state index is 0.0322. The molecule has 34 heavy (non-hydrogen) atoms. The zero-order valence-electron chi connectivity index (χ0n) is 19.2. The van der Waals surface area contributed by atoms with Crippen molar-refractivity contribution < 1.29 is 27.9 Å². The van der Waals surface area contributed by atoms with E-state index >= 15 is 0 Å². The zero-order valence-corrected chi connectivity index (χ0v) is 20.0. The van der Waals surface area contributed by atoms with Crippen LogP contribution in [0.5, 0.6) is 0 Å². The van der Waals surface area contributed by atoms with Gasteiger partial charge in [0.25, 0.3) is 10.6 Å². The van der Waals surface area contributed by atoms with E-state index in [4.69, 9.17) is 10.5 Å². The first kappa shape index (κ1) is 25.6. The maximum atomic E-state index is 13.2. The van der Waals surface area contributed by atoms with Gasteiger partial charge in [0.05, 0.1) is 16.9 Å². The van der Waals surface area contributed by atoms with Crippen LogP contribution in [0, 0.1) is 22.5 Å². The Balaban J connectivity index is 1.87. The summed E-state index contributed by atoms with van der Waals surface area (Å²) in [4.78, 5) is 40.2. The van der Waals surface area contributed by atoms with Crippen LogP contribution in [0.4, 0.5) is 0 Å². The number of nitrogens with zero attached hydrogens (tertiary/aromatic N) is 3. The standard InChI is InChI=1S/C21H28N4O8S/c1-14-11-23(13-32-20(27)21(2,3)8-10-33-25(28)29)19(26)16-5-4-6-17(18(14)16)34(30,31)24-9-7-15(22)12-24/h4-6,11,15H,7-10,12-13,22H2,1-3H3/t15-/m0/s1. The molecule has 2 heterocycles. The van der Waals surface area contributed by atoms with Gasteiger partial charge in [0.15, 0.2) is 6.73 Å². The van der Waals surface area contributed by atoms with Crippen LogP contribution in [0.3, 0.4) is 0 Å². The zero-order chi connectivity index (χ0) is 25.3. The highest BCUT2D eigenvalue weighted by atomic mass is 32.2. The van der Waals surface area contributed by atoms with Crippen LogP contribution in [-0.2, 0) is 31.1 Å². The van der Waals surface area contributed by atoms with Crippen molar-refractivity contribution in [1.82, 2.24) is 8.87 Å². The predicted molar refractivity (Wildman–Crippen MR) is 122 cm³/mol. The first-order valence-corrected chi connectivity index (χ1v) is 12.1. The van der Waals surface area contributed by atoms with Crippen molar-refractivity contribution in [3.05, 3.63) is 50.4 Å². The summed E-state index contributed by atoms with van der Waals surface area (Å²) in [5, 5.41) is 9.85. The van der Waals surface area contributed by atoms with Gasteiger partial charge in [-0.2, -0.15) is 4.31 Å². The van der Waals surface area contributed by atoms with Crippen molar-refractivity contribution in [1.29, 1.82) is 0 Å². The summed E-state index contributed by atoms with van der Waals surface area (Å²) in [5.74, 6) is -0.661. The fraction of sp³-hybridized carbons (Fsp3) is 0.524. The van der Waals surface area contributed by atoms with Crippen LogP contribution < -0.4 is 11.3 Å². The third-order valence-corrected chi connectivity index (χ3v) is 7.79. The minimum atomic E-state index is -3.85. The number of benzene rings is 1. The summed E-state index contributed by atoms with van der Waals surface area (Å²) in [5.41, 5.74) is 4.80. The van der Waals surface area contributed by atoms with E-state index < -0.39 is 38.8 Å². The van der Waals surface area contributed by atoms with Crippen LogP contribution >= 0.6 is 0 Å². The molecule has 3 rings (SSSR count). The molecule has 0 unspecified atom stereocenters. The van der Waals surface area contributed by atoms with E-state index in [0.717, 1.165) is 0 Å². The largest absolute Gasteiger partial charge is 0.443 e. The number of hydrogen-bond acceptors (Lipinski definition) is 9. The molecule has 186 valence electrons. The number of esters is 1. The molecule has 2 aromatic rings. The van der Waals surface area contributed by atoms with Gasteiger partial charge in [-0.1, -0.05) is 6.07 Å². The molecule has 0 spiro atoms. The summed E-state index contributed by atoms with van der Waals surface area (Å²) in [7, 11) is -3.85. The van der Waals surface area contributed by atoms with Crippen LogP contribution in [0.1, 0.15) is 32.3 Å². The third-order valence-electron chi connectivity index (χ3n) is 5.88. The summed E-state index contributed by atoms with van der Waals surface area (Å²) in [6.45, 7) is 4.63. The van der Waals surface area contributed by atoms with Crippen molar-refractivity contribution in [3.63, 3.8) is 0 Å². The van der Waals surface area contributed by atoms with Crippen LogP contribution in [0.25, 0.3) is 10.8 Å². The van der Waals surface area contributed by atoms with E-state index in [0.29, 0.717) is 23.9 Å². The predicted octanol–water partition coefficient (Wildman–Crippen LogP) is 1.16. The van der Waals surface area contributed by atoms with Crippen molar-refractivity contribution in [2.24, 2.45) is 11.1 Å². The van der Waals surface area contributed by atoms with E-state index in [1.807, 2.05) is 0 Å². The summed E-state index contributed by atoms with van der Waals surface area (Å²) in [6.07, 6.45) is 2.05. The molecule has 1 atom stereocenters. The monoisotopic (exact) mass is 496 g/mol. The first-order chi connectivity index (χ1) is 15.8. The number of ether oxygens (including phenoxy) is 1. The third kappa shape index (κ3) is 5.21. The number of carbonyl (C=O) groups excluding carboxylic acids is 1. The lowest BCUT2D eigenvalue weighted by molar-refractivity contribution is -0.758. The van der Waals surface area contributed by atoms with E-state index in [1.165, 1.54) is 33.3 Å². The molecule has 0 amide bonds. The number of hydrogen-bond donors (Lipinski definition) is 1. The Kier molecular flexibility index (Phi) is 7.29. The molecule has 1 fully saturated rings. The van der Waals surface area contributed by atoms with Crippen LogP contribution in [0.2, 0.25) is 0 Å². The lowest BCUT2D eigenvalue weighted by Crippen LogP contribution is -2.33. The highest BCUT2D eigenvalue weighted by Crippen LogP contribution is 2.29. The Bertz CT molecular complexity index is 1270. The van der Waals surface area contributed by atoms with Crippen molar-refractivity contribution in [3.8, 4) is 0 Å². The quantitative estimate of drug-likeness (QED) is 0.305. The normalized spacial score (nSPS) is 17.1. The fourth-order valence-electron chi connectivity index (χ4n) is 3.85. The van der Waals surface area contributed by atoms with E-state index in [1.54, 1.807) is 20.8 Å². The molecule has 1 aromatic carbocycles. The van der Waals surface area contributed by atoms with E-state index in [9.17, 15) is 28.1 Å². The minimum Gasteiger partial charge on any atom is -0.443 e. The molecule has 2 N–H and O–H groups in total. The van der Waals surface area contributed by atoms with Crippen LogP contribution in [0.15, 0.2) is 34.1 Å². The van der Waals surface area contributed by atoms with Crippen molar-refractivity contribution in [2.45, 2.75) is 51.3 Å². The molecular formula is C21H28N4O8S. The average molecular weight is 497 g/mol. The maximum absolute atomic E-state index is 13.2. The molecule has 12 nitrogen and oxygen atoms in total. The van der Waals surface area contributed by atoms with Crippen molar-refractivity contribution in [2.75, 3.05) is 19.7 Å². The number of aryl methyl sites for hydroxylation is 1. The SMILES string of the molecule is Cc1cn(COC(=O)C(C)(C)CCO[N+](=O)[O-])c(=O)c2cccc(S(=O)(=O)N3CC[C@H](N)C3)c12. The Morgan fingerprint density at radius 1 is 1.35 bits per heavy atom. The van der Waals surface area contributed by atoms with Gasteiger partial charge in [0, 0.05) is 36.1 Å². The van der Waals surface area contributed by atoms with Gasteiger partial charge in [-0.15, -0.1) is 10.1 Å². The molecular weight excluding hydrogens is 468 g/mol. The van der Waals surface area contributed by atoms with Crippen LogP contribution in [-0.4, -0.2) is 54.1 Å². The van der Waals surface area contributed by atoms with Gasteiger partial charge in [-0.25, -0.2) is 8.42 Å². The Morgan fingerprint density at radius 2 is 2.06 bits per heavy atom. The van der Waals surface area contributed by atoms with Crippen molar-refractivity contribution >= 4 is 26.8 Å². The summed E-state index contributed by atoms with van der Waals surface area (Å²) < 4.78 is 34.3. The second-order valence-corrected chi connectivity index (χ2v) is 10.8. The Hall–Kier alpha value is -3.03. The molecule has 1 aromatic heterocycles. The number of nitrogens with two attached hydrogens (primary N) is 1. The van der Waals surface area contributed by atoms with E-state index in [-0.39, 0.29) is 35.9 Å². The number of pyridine rings is 1. The molecule has 0 aliphatic carbocycles. The first-order valence-electron chi connectivity index (χ1n) is 10.7. The summed E-state index contributed by atoms with van der Waals surface area (Å²) >= 11 is 0. The fourth-order valence-corrected chi connectivity index (χ4v) is 5.64. The second kappa shape index (κ2) is 9.68. The Labute approximate surface area is 196 Å². The molecule has 1 saturated heterocycles. The van der Waals surface area contributed by atoms with Gasteiger partial charge in [0.1, 0.15) is 0 Å². The number of aromatic nitrogens is 1. The highest BCUT2D eigenvalue weighted by Gasteiger charge is 2.33.